The number of carbonyl (C=O) groups excluding carboxylic acids is 3. The van der Waals surface area contributed by atoms with Gasteiger partial charge in [0.2, 0.25) is 5.91 Å². The molecule has 2 unspecified atom stereocenters. The Balaban J connectivity index is 1.86. The van der Waals surface area contributed by atoms with Gasteiger partial charge in [0, 0.05) is 19.6 Å². The molecule has 0 bridgehead atoms. The standard InChI is InChI=1S/C19H26N2O7/c1-3-27-19(25)13-4-6-15(7-5-13)28-12-14(22)11-21-9-8-20-18(24)16(21)10-17(23)26-2/h4-7,14,16,22H,3,8-12H2,1-2H3,(H,20,24). The van der Waals surface area contributed by atoms with Crippen molar-refractivity contribution in [1.82, 2.24) is 10.2 Å². The molecular weight excluding hydrogens is 368 g/mol. The first-order valence-corrected chi connectivity index (χ1v) is 9.11. The van der Waals surface area contributed by atoms with Crippen molar-refractivity contribution >= 4 is 17.8 Å². The zero-order valence-electron chi connectivity index (χ0n) is 16.1. The summed E-state index contributed by atoms with van der Waals surface area (Å²) in [6.45, 7) is 3.17. The van der Waals surface area contributed by atoms with Gasteiger partial charge in [0.25, 0.3) is 0 Å². The third-order valence-electron chi connectivity index (χ3n) is 4.28. The summed E-state index contributed by atoms with van der Waals surface area (Å²) in [6, 6.07) is 5.72. The average Bonchev–Trinajstić information content (AvgIpc) is 2.69. The molecule has 1 aliphatic heterocycles. The Morgan fingerprint density at radius 2 is 2.04 bits per heavy atom. The molecule has 9 heteroatoms. The van der Waals surface area contributed by atoms with Crippen LogP contribution in [-0.2, 0) is 19.1 Å². The summed E-state index contributed by atoms with van der Waals surface area (Å²) in [5.41, 5.74) is 0.416. The van der Waals surface area contributed by atoms with E-state index in [2.05, 4.69) is 10.1 Å². The van der Waals surface area contributed by atoms with E-state index in [4.69, 9.17) is 9.47 Å². The molecule has 2 N–H and O–H groups in total. The van der Waals surface area contributed by atoms with Crippen molar-refractivity contribution in [2.45, 2.75) is 25.5 Å². The Morgan fingerprint density at radius 3 is 2.68 bits per heavy atom. The summed E-state index contributed by atoms with van der Waals surface area (Å²) in [4.78, 5) is 36.9. The summed E-state index contributed by atoms with van der Waals surface area (Å²) in [5, 5.41) is 13.0. The highest BCUT2D eigenvalue weighted by Gasteiger charge is 2.33. The number of aliphatic hydroxyl groups is 1. The first-order chi connectivity index (χ1) is 13.4. The van der Waals surface area contributed by atoms with Crippen LogP contribution in [0.5, 0.6) is 5.75 Å². The normalized spacial score (nSPS) is 18.1. The second-order valence-electron chi connectivity index (χ2n) is 6.29. The van der Waals surface area contributed by atoms with E-state index >= 15 is 0 Å². The maximum atomic E-state index is 12.0. The van der Waals surface area contributed by atoms with Gasteiger partial charge in [-0.05, 0) is 31.2 Å². The molecule has 1 fully saturated rings. The van der Waals surface area contributed by atoms with Crippen molar-refractivity contribution in [1.29, 1.82) is 0 Å². The van der Waals surface area contributed by atoms with Gasteiger partial charge in [-0.25, -0.2) is 4.79 Å². The van der Waals surface area contributed by atoms with Crippen LogP contribution in [0.4, 0.5) is 0 Å². The lowest BCUT2D eigenvalue weighted by Gasteiger charge is -2.35. The van der Waals surface area contributed by atoms with Gasteiger partial charge in [0.1, 0.15) is 18.5 Å². The Kier molecular flexibility index (Phi) is 8.21. The molecule has 1 aliphatic rings. The first kappa shape index (κ1) is 21.6. The number of β-amino-alcohol motifs (C(OH)–C–C–N with tert-alkyl or cyclic N) is 1. The molecule has 2 rings (SSSR count). The molecular formula is C19H26N2O7. The molecule has 0 spiro atoms. The molecule has 0 saturated carbocycles. The number of carbonyl (C=O) groups is 3. The predicted molar refractivity (Wildman–Crippen MR) is 98.9 cm³/mol. The second kappa shape index (κ2) is 10.6. The number of esters is 2. The van der Waals surface area contributed by atoms with Crippen LogP contribution in [0.3, 0.4) is 0 Å². The maximum absolute atomic E-state index is 12.0. The van der Waals surface area contributed by atoms with Crippen molar-refractivity contribution in [2.75, 3.05) is 40.0 Å². The van der Waals surface area contributed by atoms with Crippen LogP contribution < -0.4 is 10.1 Å². The van der Waals surface area contributed by atoms with Crippen molar-refractivity contribution < 1.29 is 33.7 Å². The Bertz CT molecular complexity index is 677. The van der Waals surface area contributed by atoms with Crippen LogP contribution in [0.25, 0.3) is 0 Å². The molecule has 1 heterocycles. The third kappa shape index (κ3) is 6.21. The van der Waals surface area contributed by atoms with Crippen molar-refractivity contribution in [3.8, 4) is 5.75 Å². The summed E-state index contributed by atoms with van der Waals surface area (Å²) in [5.74, 6) is -0.664. The van der Waals surface area contributed by atoms with E-state index < -0.39 is 24.1 Å². The number of hydrogen-bond acceptors (Lipinski definition) is 8. The number of rotatable bonds is 9. The largest absolute Gasteiger partial charge is 0.491 e. The predicted octanol–water partition coefficient (Wildman–Crippen LogP) is -0.0335. The fraction of sp³-hybridized carbons (Fsp3) is 0.526. The van der Waals surface area contributed by atoms with Crippen LogP contribution in [0.1, 0.15) is 23.7 Å². The number of methoxy groups -OCH3 is 1. The van der Waals surface area contributed by atoms with Crippen LogP contribution in [0, 0.1) is 0 Å². The minimum absolute atomic E-state index is 0.00180. The van der Waals surface area contributed by atoms with E-state index in [0.717, 1.165) is 0 Å². The van der Waals surface area contributed by atoms with Gasteiger partial charge >= 0.3 is 11.9 Å². The molecule has 1 aromatic rings. The second-order valence-corrected chi connectivity index (χ2v) is 6.29. The van der Waals surface area contributed by atoms with E-state index in [-0.39, 0.29) is 25.5 Å². The van der Waals surface area contributed by atoms with E-state index in [1.807, 2.05) is 0 Å². The van der Waals surface area contributed by atoms with Gasteiger partial charge in [0.05, 0.1) is 31.7 Å². The SMILES string of the molecule is CCOC(=O)c1ccc(OCC(O)CN2CCNC(=O)C2CC(=O)OC)cc1. The van der Waals surface area contributed by atoms with Crippen LogP contribution in [-0.4, -0.2) is 80.0 Å². The number of nitrogens with one attached hydrogen (secondary N) is 1. The van der Waals surface area contributed by atoms with E-state index in [0.29, 0.717) is 31.0 Å². The molecule has 9 nitrogen and oxygen atoms in total. The third-order valence-corrected chi connectivity index (χ3v) is 4.28. The molecule has 1 amide bonds. The number of piperazine rings is 1. The van der Waals surface area contributed by atoms with Gasteiger partial charge in [-0.15, -0.1) is 0 Å². The van der Waals surface area contributed by atoms with Crippen molar-refractivity contribution in [2.24, 2.45) is 0 Å². The first-order valence-electron chi connectivity index (χ1n) is 9.11. The topological polar surface area (TPSA) is 114 Å². The monoisotopic (exact) mass is 394 g/mol. The van der Waals surface area contributed by atoms with Gasteiger partial charge in [-0.3, -0.25) is 14.5 Å². The van der Waals surface area contributed by atoms with Crippen LogP contribution >= 0.6 is 0 Å². The van der Waals surface area contributed by atoms with Gasteiger partial charge in [-0.1, -0.05) is 0 Å². The highest BCUT2D eigenvalue weighted by molar-refractivity contribution is 5.89. The minimum Gasteiger partial charge on any atom is -0.491 e. The smallest absolute Gasteiger partial charge is 0.338 e. The molecule has 1 saturated heterocycles. The number of amides is 1. The Hall–Kier alpha value is -2.65. The Labute approximate surface area is 163 Å². The lowest BCUT2D eigenvalue weighted by atomic mass is 10.1. The Morgan fingerprint density at radius 1 is 1.32 bits per heavy atom. The quantitative estimate of drug-likeness (QED) is 0.561. The highest BCUT2D eigenvalue weighted by Crippen LogP contribution is 2.15. The number of nitrogens with zero attached hydrogens (tertiary/aromatic N) is 1. The van der Waals surface area contributed by atoms with E-state index in [1.165, 1.54) is 7.11 Å². The van der Waals surface area contributed by atoms with Crippen LogP contribution in [0.15, 0.2) is 24.3 Å². The molecule has 0 aliphatic carbocycles. The van der Waals surface area contributed by atoms with Gasteiger partial charge in [0.15, 0.2) is 0 Å². The van der Waals surface area contributed by atoms with Crippen LogP contribution in [0.2, 0.25) is 0 Å². The molecule has 28 heavy (non-hydrogen) atoms. The van der Waals surface area contributed by atoms with Crippen molar-refractivity contribution in [3.63, 3.8) is 0 Å². The summed E-state index contributed by atoms with van der Waals surface area (Å²) >= 11 is 0. The zero-order chi connectivity index (χ0) is 20.5. The molecule has 0 radical (unpaired) electrons. The van der Waals surface area contributed by atoms with Crippen molar-refractivity contribution in [3.05, 3.63) is 29.8 Å². The highest BCUT2D eigenvalue weighted by atomic mass is 16.5. The number of ether oxygens (including phenoxy) is 3. The number of benzene rings is 1. The lowest BCUT2D eigenvalue weighted by Crippen LogP contribution is -2.57. The maximum Gasteiger partial charge on any atom is 0.338 e. The summed E-state index contributed by atoms with van der Waals surface area (Å²) < 4.78 is 15.1. The van der Waals surface area contributed by atoms with E-state index in [1.54, 1.807) is 36.1 Å². The number of aliphatic hydroxyl groups excluding tert-OH is 1. The molecule has 1 aromatic carbocycles. The fourth-order valence-electron chi connectivity index (χ4n) is 2.86. The molecule has 2 atom stereocenters. The summed E-state index contributed by atoms with van der Waals surface area (Å²) in [6.07, 6.45) is -0.943. The minimum atomic E-state index is -0.865. The van der Waals surface area contributed by atoms with E-state index in [9.17, 15) is 19.5 Å². The fourth-order valence-corrected chi connectivity index (χ4v) is 2.86. The lowest BCUT2D eigenvalue weighted by molar-refractivity contribution is -0.146. The molecule has 0 aromatic heterocycles. The molecule has 154 valence electrons. The average molecular weight is 394 g/mol. The zero-order valence-corrected chi connectivity index (χ0v) is 16.1. The number of hydrogen-bond donors (Lipinski definition) is 2. The van der Waals surface area contributed by atoms with Gasteiger partial charge in [-0.2, -0.15) is 0 Å². The summed E-state index contributed by atoms with van der Waals surface area (Å²) in [7, 11) is 1.27. The van der Waals surface area contributed by atoms with Gasteiger partial charge < -0.3 is 24.6 Å².